The number of aliphatic hydroxyl groups excluding tert-OH is 2. The van der Waals surface area contributed by atoms with E-state index in [1.54, 1.807) is 0 Å². The molecule has 2 unspecified atom stereocenters. The molecule has 1 rings (SSSR count). The summed E-state index contributed by atoms with van der Waals surface area (Å²) in [4.78, 5) is 6.04. The van der Waals surface area contributed by atoms with Gasteiger partial charge in [-0.25, -0.2) is 9.37 Å². The fourth-order valence-corrected chi connectivity index (χ4v) is 1.43. The van der Waals surface area contributed by atoms with Crippen LogP contribution in [-0.4, -0.2) is 27.8 Å². The van der Waals surface area contributed by atoms with Crippen molar-refractivity contribution < 1.29 is 14.6 Å². The van der Waals surface area contributed by atoms with Crippen molar-refractivity contribution in [3.63, 3.8) is 0 Å². The lowest BCUT2D eigenvalue weighted by atomic mass is 10.1. The maximum absolute atomic E-state index is 13.2. The Balaban J connectivity index is 2.90. The monoisotopic (exact) mass is 290 g/mol. The lowest BCUT2D eigenvalue weighted by Gasteiger charge is -2.16. The van der Waals surface area contributed by atoms with Crippen LogP contribution in [0.1, 0.15) is 11.7 Å². The van der Waals surface area contributed by atoms with Gasteiger partial charge in [0.2, 0.25) is 0 Å². The molecule has 2 N–H and O–H groups in total. The number of azide groups is 1. The largest absolute Gasteiger partial charge is 0.390 e. The average Bonchev–Trinajstić information content (AvgIpc) is 2.28. The molecule has 6 nitrogen and oxygen atoms in total. The quantitative estimate of drug-likeness (QED) is 0.382. The van der Waals surface area contributed by atoms with E-state index in [9.17, 15) is 14.6 Å². The van der Waals surface area contributed by atoms with Gasteiger partial charge in [0.1, 0.15) is 16.5 Å². The van der Waals surface area contributed by atoms with Crippen LogP contribution in [0.4, 0.5) is 4.39 Å². The predicted molar refractivity (Wildman–Crippen MR) is 56.9 cm³/mol. The second-order valence-corrected chi connectivity index (χ2v) is 3.77. The number of halogens is 2. The van der Waals surface area contributed by atoms with Crippen LogP contribution in [-0.2, 0) is 0 Å². The van der Waals surface area contributed by atoms with E-state index < -0.39 is 18.0 Å². The van der Waals surface area contributed by atoms with Gasteiger partial charge >= 0.3 is 0 Å². The molecule has 0 fully saturated rings. The maximum Gasteiger partial charge on any atom is 0.147 e. The Kier molecular flexibility index (Phi) is 4.63. The molecule has 0 radical (unpaired) electrons. The summed E-state index contributed by atoms with van der Waals surface area (Å²) < 4.78 is 13.6. The Bertz CT molecular complexity index is 424. The Morgan fingerprint density at radius 3 is 2.94 bits per heavy atom. The fourth-order valence-electron chi connectivity index (χ4n) is 1.08. The number of rotatable bonds is 4. The number of nitrogens with zero attached hydrogens (tertiary/aromatic N) is 4. The van der Waals surface area contributed by atoms with E-state index in [0.29, 0.717) is 4.60 Å². The van der Waals surface area contributed by atoms with Crippen LogP contribution in [0.5, 0.6) is 0 Å². The van der Waals surface area contributed by atoms with Crippen LogP contribution >= 0.6 is 15.9 Å². The zero-order valence-corrected chi connectivity index (χ0v) is 9.54. The SMILES string of the molecule is [N-]=[N+]=NCC(O)C(O)c1cc(Br)ncc1F. The van der Waals surface area contributed by atoms with Crippen LogP contribution in [0.3, 0.4) is 0 Å². The van der Waals surface area contributed by atoms with Crippen LogP contribution in [0.15, 0.2) is 22.0 Å². The Morgan fingerprint density at radius 1 is 1.62 bits per heavy atom. The first-order chi connectivity index (χ1) is 7.56. The van der Waals surface area contributed by atoms with Crippen molar-refractivity contribution in [3.8, 4) is 0 Å². The van der Waals surface area contributed by atoms with E-state index >= 15 is 0 Å². The van der Waals surface area contributed by atoms with Gasteiger partial charge in [0, 0.05) is 10.5 Å². The highest BCUT2D eigenvalue weighted by atomic mass is 79.9. The number of pyridine rings is 1. The third-order valence-corrected chi connectivity index (χ3v) is 2.30. The lowest BCUT2D eigenvalue weighted by Crippen LogP contribution is -2.22. The predicted octanol–water partition coefficient (Wildman–Crippen LogP) is 1.69. The molecule has 0 amide bonds. The van der Waals surface area contributed by atoms with Crippen LogP contribution in [0.25, 0.3) is 10.4 Å². The van der Waals surface area contributed by atoms with Gasteiger partial charge in [0.05, 0.1) is 18.8 Å². The van der Waals surface area contributed by atoms with Crippen LogP contribution in [0, 0.1) is 5.82 Å². The Morgan fingerprint density at radius 2 is 2.31 bits per heavy atom. The molecule has 0 saturated carbocycles. The number of aromatic nitrogens is 1. The normalized spacial score (nSPS) is 14.0. The molecule has 0 spiro atoms. The Hall–Kier alpha value is -1.21. The minimum atomic E-state index is -1.47. The van der Waals surface area contributed by atoms with Gasteiger partial charge in [-0.3, -0.25) is 0 Å². The molecule has 1 aromatic rings. The van der Waals surface area contributed by atoms with Crippen molar-refractivity contribution in [2.75, 3.05) is 6.54 Å². The molecule has 1 heterocycles. The van der Waals surface area contributed by atoms with Gasteiger partial charge in [0.15, 0.2) is 0 Å². The highest BCUT2D eigenvalue weighted by Gasteiger charge is 2.21. The third-order valence-electron chi connectivity index (χ3n) is 1.87. The summed E-state index contributed by atoms with van der Waals surface area (Å²) in [6, 6.07) is 1.25. The van der Waals surface area contributed by atoms with Gasteiger partial charge < -0.3 is 10.2 Å². The van der Waals surface area contributed by atoms with Gasteiger partial charge in [-0.1, -0.05) is 5.11 Å². The summed E-state index contributed by atoms with van der Waals surface area (Å²) in [6.07, 6.45) is -1.91. The average molecular weight is 291 g/mol. The minimum Gasteiger partial charge on any atom is -0.390 e. The molecule has 8 heteroatoms. The zero-order chi connectivity index (χ0) is 12.1. The standard InChI is InChI=1S/C8H8BrFN4O2/c9-7-1-4(5(10)2-12-7)8(16)6(15)3-13-14-11/h1-2,6,8,15-16H,3H2. The van der Waals surface area contributed by atoms with E-state index in [-0.39, 0.29) is 12.1 Å². The van der Waals surface area contributed by atoms with Crippen molar-refractivity contribution in [1.82, 2.24) is 4.98 Å². The van der Waals surface area contributed by atoms with Gasteiger partial charge in [0.25, 0.3) is 0 Å². The van der Waals surface area contributed by atoms with Gasteiger partial charge in [-0.05, 0) is 27.5 Å². The summed E-state index contributed by atoms with van der Waals surface area (Å²) in [5.74, 6) is -0.740. The summed E-state index contributed by atoms with van der Waals surface area (Å²) in [5.41, 5.74) is 7.93. The van der Waals surface area contributed by atoms with Crippen LogP contribution < -0.4 is 0 Å². The fraction of sp³-hybridized carbons (Fsp3) is 0.375. The molecule has 0 aliphatic rings. The molecule has 2 atom stereocenters. The van der Waals surface area contributed by atoms with E-state index in [1.165, 1.54) is 6.07 Å². The number of hydrogen-bond donors (Lipinski definition) is 2. The Labute approximate surface area is 98.5 Å². The molecule has 86 valence electrons. The molecule has 0 aliphatic carbocycles. The topological polar surface area (TPSA) is 102 Å². The molecule has 0 bridgehead atoms. The van der Waals surface area contributed by atoms with Gasteiger partial charge in [-0.15, -0.1) is 0 Å². The molecule has 16 heavy (non-hydrogen) atoms. The van der Waals surface area contributed by atoms with Gasteiger partial charge in [-0.2, -0.15) is 0 Å². The van der Waals surface area contributed by atoms with Crippen molar-refractivity contribution in [2.24, 2.45) is 5.11 Å². The number of hydrogen-bond acceptors (Lipinski definition) is 4. The summed E-state index contributed by atoms with van der Waals surface area (Å²) >= 11 is 3.01. The van der Waals surface area contributed by atoms with Crippen molar-refractivity contribution in [3.05, 3.63) is 38.7 Å². The lowest BCUT2D eigenvalue weighted by molar-refractivity contribution is 0.0221. The molecular weight excluding hydrogens is 283 g/mol. The van der Waals surface area contributed by atoms with Crippen LogP contribution in [0.2, 0.25) is 0 Å². The minimum absolute atomic E-state index is 0.109. The maximum atomic E-state index is 13.2. The molecular formula is C8H8BrFN4O2. The first-order valence-electron chi connectivity index (χ1n) is 4.24. The van der Waals surface area contributed by atoms with Crippen molar-refractivity contribution in [1.29, 1.82) is 0 Å². The summed E-state index contributed by atoms with van der Waals surface area (Å²) in [6.45, 7) is -0.336. The molecule has 0 aromatic carbocycles. The smallest absolute Gasteiger partial charge is 0.147 e. The summed E-state index contributed by atoms with van der Waals surface area (Å²) in [7, 11) is 0. The third kappa shape index (κ3) is 3.14. The summed E-state index contributed by atoms with van der Waals surface area (Å²) in [5, 5.41) is 22.1. The van der Waals surface area contributed by atoms with E-state index in [2.05, 4.69) is 30.9 Å². The molecule has 0 aliphatic heterocycles. The molecule has 1 aromatic heterocycles. The van der Waals surface area contributed by atoms with E-state index in [0.717, 1.165) is 6.20 Å². The first kappa shape index (κ1) is 12.9. The molecule has 0 saturated heterocycles. The van der Waals surface area contributed by atoms with Crippen molar-refractivity contribution >= 4 is 15.9 Å². The van der Waals surface area contributed by atoms with E-state index in [4.69, 9.17) is 5.53 Å². The highest BCUT2D eigenvalue weighted by molar-refractivity contribution is 9.10. The second kappa shape index (κ2) is 5.76. The highest BCUT2D eigenvalue weighted by Crippen LogP contribution is 2.22. The van der Waals surface area contributed by atoms with E-state index in [1.807, 2.05) is 0 Å². The number of aliphatic hydroxyl groups is 2. The van der Waals surface area contributed by atoms with Crippen molar-refractivity contribution in [2.45, 2.75) is 12.2 Å². The first-order valence-corrected chi connectivity index (χ1v) is 5.03. The zero-order valence-electron chi connectivity index (χ0n) is 7.96. The second-order valence-electron chi connectivity index (χ2n) is 2.95.